The first kappa shape index (κ1) is 17.5. The Labute approximate surface area is 164 Å². The maximum atomic E-state index is 9.66. The minimum Gasteiger partial charge on any atom is -0.508 e. The van der Waals surface area contributed by atoms with E-state index >= 15 is 0 Å². The largest absolute Gasteiger partial charge is 0.508 e. The van der Waals surface area contributed by atoms with Gasteiger partial charge in [-0.15, -0.1) is 0 Å². The van der Waals surface area contributed by atoms with Crippen molar-refractivity contribution < 1.29 is 5.11 Å². The molecule has 0 aliphatic carbocycles. The van der Waals surface area contributed by atoms with Gasteiger partial charge in [0.1, 0.15) is 5.75 Å². The zero-order valence-electron chi connectivity index (χ0n) is 15.3. The van der Waals surface area contributed by atoms with Gasteiger partial charge in [-0.05, 0) is 74.1 Å². The third-order valence-electron chi connectivity index (χ3n) is 4.90. The number of aromatic hydroxyl groups is 1. The normalized spacial score (nSPS) is 19.5. The van der Waals surface area contributed by atoms with Crippen LogP contribution in [0.25, 0.3) is 0 Å². The molecule has 1 aromatic carbocycles. The summed E-state index contributed by atoms with van der Waals surface area (Å²) in [5, 5.41) is 13.8. The van der Waals surface area contributed by atoms with Crippen molar-refractivity contribution in [3.63, 3.8) is 0 Å². The highest BCUT2D eigenvalue weighted by atomic mass is 32.1. The molecule has 6 heteroatoms. The summed E-state index contributed by atoms with van der Waals surface area (Å²) in [5.41, 5.74) is 3.05. The Morgan fingerprint density at radius 1 is 1.11 bits per heavy atom. The molecule has 5 nitrogen and oxygen atoms in total. The molecule has 138 valence electrons. The summed E-state index contributed by atoms with van der Waals surface area (Å²) in [7, 11) is 0. The Morgan fingerprint density at radius 3 is 2.52 bits per heavy atom. The van der Waals surface area contributed by atoms with Gasteiger partial charge >= 0.3 is 0 Å². The number of hydrogen-bond donors (Lipinski definition) is 2. The second-order valence-electron chi connectivity index (χ2n) is 7.00. The Kier molecular flexibility index (Phi) is 4.58. The van der Waals surface area contributed by atoms with Crippen molar-refractivity contribution in [2.75, 3.05) is 4.90 Å². The predicted octanol–water partition coefficient (Wildman–Crippen LogP) is 4.35. The Bertz CT molecular complexity index is 936. The maximum absolute atomic E-state index is 9.66. The van der Waals surface area contributed by atoms with Crippen molar-refractivity contribution in [2.45, 2.75) is 32.0 Å². The van der Waals surface area contributed by atoms with Crippen LogP contribution in [0.3, 0.4) is 0 Å². The van der Waals surface area contributed by atoms with E-state index in [0.29, 0.717) is 11.2 Å². The summed E-state index contributed by atoms with van der Waals surface area (Å²) in [6.45, 7) is 4.32. The molecule has 0 saturated carbocycles. The third-order valence-corrected chi connectivity index (χ3v) is 5.22. The standard InChI is InChI=1S/C21H22N4OS/c1-14(2)24-12-10-15(13-24)20-19(18-5-3-4-11-22-18)23-21(27)25(20)16-6-8-17(26)9-7-16/h3-14,19-20,26H,1-2H3,(H,23,27). The summed E-state index contributed by atoms with van der Waals surface area (Å²) < 4.78 is 2.20. The van der Waals surface area contributed by atoms with E-state index in [9.17, 15) is 5.11 Å². The van der Waals surface area contributed by atoms with Gasteiger partial charge in [0, 0.05) is 30.3 Å². The maximum Gasteiger partial charge on any atom is 0.174 e. The molecule has 0 amide bonds. The average molecular weight is 379 g/mol. The van der Waals surface area contributed by atoms with Gasteiger partial charge in [0.05, 0.1) is 17.8 Å². The minimum absolute atomic E-state index is 0.0306. The van der Waals surface area contributed by atoms with Crippen LogP contribution >= 0.6 is 12.2 Å². The van der Waals surface area contributed by atoms with E-state index in [1.165, 1.54) is 5.56 Å². The van der Waals surface area contributed by atoms with Crippen molar-refractivity contribution in [1.82, 2.24) is 14.9 Å². The smallest absolute Gasteiger partial charge is 0.174 e. The van der Waals surface area contributed by atoms with E-state index in [4.69, 9.17) is 12.2 Å². The fraction of sp³-hybridized carbons (Fsp3) is 0.238. The summed E-state index contributed by atoms with van der Waals surface area (Å²) in [6, 6.07) is 15.5. The van der Waals surface area contributed by atoms with Crippen LogP contribution in [0.1, 0.15) is 43.2 Å². The lowest BCUT2D eigenvalue weighted by Crippen LogP contribution is -2.29. The molecule has 2 aromatic heterocycles. The molecule has 0 radical (unpaired) electrons. The summed E-state index contributed by atoms with van der Waals surface area (Å²) in [5.74, 6) is 0.237. The van der Waals surface area contributed by atoms with Crippen molar-refractivity contribution in [3.8, 4) is 5.75 Å². The van der Waals surface area contributed by atoms with Crippen molar-refractivity contribution in [2.24, 2.45) is 0 Å². The highest BCUT2D eigenvalue weighted by molar-refractivity contribution is 7.80. The first-order chi connectivity index (χ1) is 13.0. The van der Waals surface area contributed by atoms with E-state index < -0.39 is 0 Å². The molecule has 2 N–H and O–H groups in total. The van der Waals surface area contributed by atoms with Crippen molar-refractivity contribution in [3.05, 3.63) is 78.4 Å². The SMILES string of the molecule is CC(C)n1ccc(C2C(c3ccccn3)NC(=S)N2c2ccc(O)cc2)c1. The number of hydrogen-bond acceptors (Lipinski definition) is 3. The number of pyridine rings is 1. The molecule has 1 fully saturated rings. The number of rotatable bonds is 4. The second kappa shape index (κ2) is 7.04. The van der Waals surface area contributed by atoms with E-state index in [1.54, 1.807) is 18.3 Å². The molecule has 27 heavy (non-hydrogen) atoms. The molecule has 1 saturated heterocycles. The lowest BCUT2D eigenvalue weighted by Gasteiger charge is -2.27. The van der Waals surface area contributed by atoms with Crippen LogP contribution in [-0.4, -0.2) is 19.8 Å². The number of phenolic OH excluding ortho intramolecular Hbond substituents is 1. The number of benzene rings is 1. The number of nitrogens with zero attached hydrogens (tertiary/aromatic N) is 3. The highest BCUT2D eigenvalue weighted by Gasteiger charge is 2.41. The molecule has 0 spiro atoms. The quantitative estimate of drug-likeness (QED) is 0.661. The van der Waals surface area contributed by atoms with Crippen LogP contribution in [0.5, 0.6) is 5.75 Å². The Hall–Kier alpha value is -2.86. The van der Waals surface area contributed by atoms with Crippen molar-refractivity contribution >= 4 is 23.0 Å². The highest BCUT2D eigenvalue weighted by Crippen LogP contribution is 2.41. The number of thiocarbonyl (C=S) groups is 1. The molecule has 4 rings (SSSR count). The summed E-state index contributed by atoms with van der Waals surface area (Å²) in [6.07, 6.45) is 6.08. The number of phenols is 1. The molecule has 3 heterocycles. The summed E-state index contributed by atoms with van der Waals surface area (Å²) in [4.78, 5) is 6.66. The number of aromatic nitrogens is 2. The molecule has 0 bridgehead atoms. The third kappa shape index (κ3) is 3.28. The van der Waals surface area contributed by atoms with Crippen LogP contribution in [0.4, 0.5) is 5.69 Å². The summed E-state index contributed by atoms with van der Waals surface area (Å²) >= 11 is 5.69. The lowest BCUT2D eigenvalue weighted by atomic mass is 9.98. The second-order valence-corrected chi connectivity index (χ2v) is 7.39. The monoisotopic (exact) mass is 378 g/mol. The van der Waals surface area contributed by atoms with Gasteiger partial charge in [0.25, 0.3) is 0 Å². The topological polar surface area (TPSA) is 53.3 Å². The molecular weight excluding hydrogens is 356 g/mol. The minimum atomic E-state index is -0.0597. The van der Waals surface area contributed by atoms with E-state index in [-0.39, 0.29) is 17.8 Å². The van der Waals surface area contributed by atoms with E-state index in [0.717, 1.165) is 11.4 Å². The van der Waals surface area contributed by atoms with Gasteiger partial charge in [-0.3, -0.25) is 4.98 Å². The average Bonchev–Trinajstić information content (AvgIpc) is 3.28. The van der Waals surface area contributed by atoms with Gasteiger partial charge in [0.15, 0.2) is 5.11 Å². The van der Waals surface area contributed by atoms with Gasteiger partial charge in [-0.25, -0.2) is 0 Å². The van der Waals surface area contributed by atoms with Crippen LogP contribution in [0.2, 0.25) is 0 Å². The van der Waals surface area contributed by atoms with Crippen LogP contribution < -0.4 is 10.2 Å². The van der Waals surface area contributed by atoms with Crippen LogP contribution in [-0.2, 0) is 0 Å². The van der Waals surface area contributed by atoms with Gasteiger partial charge in [0.2, 0.25) is 0 Å². The molecule has 2 unspecified atom stereocenters. The molecule has 1 aliphatic rings. The number of anilines is 1. The van der Waals surface area contributed by atoms with Gasteiger partial charge in [-0.1, -0.05) is 6.07 Å². The first-order valence-corrected chi connectivity index (χ1v) is 9.42. The van der Waals surface area contributed by atoms with Gasteiger partial charge in [-0.2, -0.15) is 0 Å². The van der Waals surface area contributed by atoms with Crippen LogP contribution in [0.15, 0.2) is 67.1 Å². The number of nitrogens with one attached hydrogen (secondary N) is 1. The Morgan fingerprint density at radius 2 is 1.89 bits per heavy atom. The van der Waals surface area contributed by atoms with Gasteiger partial charge < -0.3 is 19.9 Å². The lowest BCUT2D eigenvalue weighted by molar-refractivity contribution is 0.475. The zero-order valence-corrected chi connectivity index (χ0v) is 16.1. The molecular formula is C21H22N4OS. The van der Waals surface area contributed by atoms with E-state index in [1.807, 2.05) is 30.3 Å². The first-order valence-electron chi connectivity index (χ1n) is 9.01. The fourth-order valence-corrected chi connectivity index (χ4v) is 3.86. The fourth-order valence-electron chi connectivity index (χ4n) is 3.51. The molecule has 3 aromatic rings. The van der Waals surface area contributed by atoms with Crippen LogP contribution in [0, 0.1) is 0 Å². The Balaban J connectivity index is 1.81. The van der Waals surface area contributed by atoms with Crippen molar-refractivity contribution in [1.29, 1.82) is 0 Å². The van der Waals surface area contributed by atoms with E-state index in [2.05, 4.69) is 52.1 Å². The molecule has 2 atom stereocenters. The molecule has 1 aliphatic heterocycles. The predicted molar refractivity (Wildman–Crippen MR) is 111 cm³/mol. The zero-order chi connectivity index (χ0) is 19.0.